The van der Waals surface area contributed by atoms with E-state index in [0.29, 0.717) is 5.02 Å². The van der Waals surface area contributed by atoms with Crippen molar-refractivity contribution in [3.63, 3.8) is 0 Å². The monoisotopic (exact) mass is 365 g/mol. The molecule has 0 spiro atoms. The topological polar surface area (TPSA) is 80.4 Å². The molecule has 1 aliphatic carbocycles. The minimum absolute atomic E-state index is 0.111. The summed E-state index contributed by atoms with van der Waals surface area (Å²) in [6.07, 6.45) is 0. The molecule has 0 aliphatic heterocycles. The van der Waals surface area contributed by atoms with Gasteiger partial charge in [-0.15, -0.1) is 0 Å². The number of hydrogen-bond donors (Lipinski definition) is 2. The number of benzene rings is 2. The highest BCUT2D eigenvalue weighted by molar-refractivity contribution is 7.92. The Hall–Kier alpha value is -1.40. The van der Waals surface area contributed by atoms with E-state index in [9.17, 15) is 13.5 Å². The van der Waals surface area contributed by atoms with Crippen molar-refractivity contribution in [1.29, 1.82) is 0 Å². The van der Waals surface area contributed by atoms with Crippen LogP contribution in [0.15, 0.2) is 53.4 Å². The summed E-state index contributed by atoms with van der Waals surface area (Å²) in [6.45, 7) is 1.82. The predicted molar refractivity (Wildman–Crippen MR) is 94.9 cm³/mol. The first-order chi connectivity index (χ1) is 11.4. The van der Waals surface area contributed by atoms with Crippen LogP contribution in [0.2, 0.25) is 5.02 Å². The maximum atomic E-state index is 13.1. The maximum Gasteiger partial charge on any atom is 0.182 e. The number of nitrogens with two attached hydrogens (primary N) is 1. The number of hydrogen-bond acceptors (Lipinski definition) is 4. The van der Waals surface area contributed by atoms with Crippen LogP contribution in [0, 0.1) is 12.3 Å². The fourth-order valence-electron chi connectivity index (χ4n) is 3.49. The van der Waals surface area contributed by atoms with Crippen LogP contribution in [-0.4, -0.2) is 31.9 Å². The number of aryl methyl sites for hydroxylation is 1. The van der Waals surface area contributed by atoms with E-state index in [1.807, 2.05) is 31.2 Å². The molecule has 1 aliphatic rings. The molecule has 2 aromatic carbocycles. The third kappa shape index (κ3) is 2.65. The molecule has 3 atom stereocenters. The lowest BCUT2D eigenvalue weighted by Crippen LogP contribution is -2.27. The molecule has 0 bridgehead atoms. The van der Waals surface area contributed by atoms with E-state index >= 15 is 0 Å². The Bertz CT molecular complexity index is 828. The molecule has 0 unspecified atom stereocenters. The van der Waals surface area contributed by atoms with Crippen molar-refractivity contribution in [2.45, 2.75) is 23.0 Å². The molecule has 24 heavy (non-hydrogen) atoms. The summed E-state index contributed by atoms with van der Waals surface area (Å²) >= 11 is 5.85. The van der Waals surface area contributed by atoms with Gasteiger partial charge in [0, 0.05) is 22.9 Å². The molecule has 0 aromatic heterocycles. The molecule has 0 radical (unpaired) electrons. The molecule has 2 aromatic rings. The zero-order valence-electron chi connectivity index (χ0n) is 13.3. The molecule has 0 saturated heterocycles. The molecule has 6 heteroatoms. The SMILES string of the molecule is Cc1ccc([C@@H]2[C@H](S(=O)(=O)c3ccc(Cl)cc3)[C@@]2(CN)CO)cc1. The van der Waals surface area contributed by atoms with Gasteiger partial charge in [0.2, 0.25) is 0 Å². The van der Waals surface area contributed by atoms with Crippen LogP contribution in [0.3, 0.4) is 0 Å². The standard InChI is InChI=1S/C18H20ClNO3S/c1-12-2-4-13(5-3-12)16-17(18(16,10-20)11-21)24(22,23)15-8-6-14(19)7-9-15/h2-9,16-17,21H,10-11,20H2,1H3/t16-,17+,18+/m1/s1. The van der Waals surface area contributed by atoms with Crippen molar-refractivity contribution in [2.75, 3.05) is 13.2 Å². The summed E-state index contributed by atoms with van der Waals surface area (Å²) in [6, 6.07) is 13.8. The summed E-state index contributed by atoms with van der Waals surface area (Å²) in [7, 11) is -3.62. The van der Waals surface area contributed by atoms with E-state index in [1.54, 1.807) is 12.1 Å². The normalized spacial score (nSPS) is 26.3. The van der Waals surface area contributed by atoms with Gasteiger partial charge in [-0.1, -0.05) is 41.4 Å². The Labute approximate surface area is 147 Å². The second-order valence-corrected chi connectivity index (χ2v) is 8.91. The van der Waals surface area contributed by atoms with Crippen molar-refractivity contribution < 1.29 is 13.5 Å². The van der Waals surface area contributed by atoms with E-state index in [-0.39, 0.29) is 24.0 Å². The van der Waals surface area contributed by atoms with Crippen molar-refractivity contribution in [3.8, 4) is 0 Å². The number of aliphatic hydroxyl groups is 1. The fourth-order valence-corrected chi connectivity index (χ4v) is 6.07. The van der Waals surface area contributed by atoms with Crippen molar-refractivity contribution in [1.82, 2.24) is 0 Å². The van der Waals surface area contributed by atoms with E-state index in [1.165, 1.54) is 12.1 Å². The second-order valence-electron chi connectivity index (χ2n) is 6.40. The average molecular weight is 366 g/mol. The van der Waals surface area contributed by atoms with Crippen LogP contribution in [0.4, 0.5) is 0 Å². The first-order valence-corrected chi connectivity index (χ1v) is 9.66. The van der Waals surface area contributed by atoms with Gasteiger partial charge in [-0.3, -0.25) is 0 Å². The molecule has 1 fully saturated rings. The van der Waals surface area contributed by atoms with Crippen LogP contribution in [0.5, 0.6) is 0 Å². The third-order valence-electron chi connectivity index (χ3n) is 4.97. The van der Waals surface area contributed by atoms with Crippen LogP contribution in [-0.2, 0) is 9.84 Å². The quantitative estimate of drug-likeness (QED) is 0.853. The second kappa shape index (κ2) is 6.15. The highest BCUT2D eigenvalue weighted by atomic mass is 35.5. The number of aliphatic hydroxyl groups excluding tert-OH is 1. The van der Waals surface area contributed by atoms with Crippen LogP contribution in [0.1, 0.15) is 17.0 Å². The first-order valence-electron chi connectivity index (χ1n) is 7.74. The van der Waals surface area contributed by atoms with Crippen LogP contribution < -0.4 is 5.73 Å². The van der Waals surface area contributed by atoms with Gasteiger partial charge in [-0.2, -0.15) is 0 Å². The Balaban J connectivity index is 2.04. The predicted octanol–water partition coefficient (Wildman–Crippen LogP) is 2.53. The van der Waals surface area contributed by atoms with Crippen molar-refractivity contribution in [3.05, 3.63) is 64.7 Å². The molecule has 3 N–H and O–H groups in total. The van der Waals surface area contributed by atoms with Crippen LogP contribution >= 0.6 is 11.6 Å². The minimum atomic E-state index is -3.62. The fraction of sp³-hybridized carbons (Fsp3) is 0.333. The number of halogens is 1. The minimum Gasteiger partial charge on any atom is -0.396 e. The average Bonchev–Trinajstić information content (AvgIpc) is 3.26. The summed E-state index contributed by atoms with van der Waals surface area (Å²) in [4.78, 5) is 0.206. The van der Waals surface area contributed by atoms with Gasteiger partial charge in [0.25, 0.3) is 0 Å². The lowest BCUT2D eigenvalue weighted by Gasteiger charge is -2.12. The van der Waals surface area contributed by atoms with E-state index in [2.05, 4.69) is 0 Å². The van der Waals surface area contributed by atoms with Gasteiger partial charge in [-0.05, 0) is 36.8 Å². The zero-order chi connectivity index (χ0) is 17.5. The molecular weight excluding hydrogens is 346 g/mol. The van der Waals surface area contributed by atoms with Crippen LogP contribution in [0.25, 0.3) is 0 Å². The van der Waals surface area contributed by atoms with Crippen molar-refractivity contribution >= 4 is 21.4 Å². The smallest absolute Gasteiger partial charge is 0.182 e. The van der Waals surface area contributed by atoms with E-state index < -0.39 is 20.5 Å². The van der Waals surface area contributed by atoms with Gasteiger partial charge >= 0.3 is 0 Å². The van der Waals surface area contributed by atoms with Gasteiger partial charge in [-0.25, -0.2) is 8.42 Å². The zero-order valence-corrected chi connectivity index (χ0v) is 14.9. The highest BCUT2D eigenvalue weighted by Gasteiger charge is 2.70. The molecule has 3 rings (SSSR count). The third-order valence-corrected chi connectivity index (χ3v) is 7.56. The molecule has 128 valence electrons. The highest BCUT2D eigenvalue weighted by Crippen LogP contribution is 2.63. The summed E-state index contributed by atoms with van der Waals surface area (Å²) in [5, 5.41) is 9.65. The molecule has 1 saturated carbocycles. The Morgan fingerprint density at radius 2 is 1.71 bits per heavy atom. The Kier molecular flexibility index (Phi) is 4.47. The largest absolute Gasteiger partial charge is 0.396 e. The lowest BCUT2D eigenvalue weighted by atomic mass is 9.99. The molecule has 4 nitrogen and oxygen atoms in total. The van der Waals surface area contributed by atoms with Gasteiger partial charge in [0.1, 0.15) is 0 Å². The lowest BCUT2D eigenvalue weighted by molar-refractivity contribution is 0.212. The summed E-state index contributed by atoms with van der Waals surface area (Å²) in [5.41, 5.74) is 7.03. The van der Waals surface area contributed by atoms with Gasteiger partial charge < -0.3 is 10.8 Å². The Morgan fingerprint density at radius 3 is 2.21 bits per heavy atom. The molecule has 0 heterocycles. The Morgan fingerprint density at radius 1 is 1.12 bits per heavy atom. The number of sulfone groups is 1. The number of rotatable bonds is 5. The van der Waals surface area contributed by atoms with Gasteiger partial charge in [0.05, 0.1) is 16.8 Å². The summed E-state index contributed by atoms with van der Waals surface area (Å²) in [5.74, 6) is -0.311. The summed E-state index contributed by atoms with van der Waals surface area (Å²) < 4.78 is 26.2. The maximum absolute atomic E-state index is 13.1. The first kappa shape index (κ1) is 17.4. The van der Waals surface area contributed by atoms with Crippen molar-refractivity contribution in [2.24, 2.45) is 11.1 Å². The van der Waals surface area contributed by atoms with Gasteiger partial charge in [0.15, 0.2) is 9.84 Å². The van der Waals surface area contributed by atoms with E-state index in [0.717, 1.165) is 11.1 Å². The molecular formula is C18H20ClNO3S. The molecule has 0 amide bonds. The van der Waals surface area contributed by atoms with E-state index in [4.69, 9.17) is 17.3 Å².